The lowest BCUT2D eigenvalue weighted by Gasteiger charge is -2.16. The van der Waals surface area contributed by atoms with E-state index in [-0.39, 0.29) is 10.8 Å². The van der Waals surface area contributed by atoms with Crippen LogP contribution in [0.25, 0.3) is 0 Å². The third kappa shape index (κ3) is 5.23. The Morgan fingerprint density at radius 2 is 1.76 bits per heavy atom. The molecule has 1 aromatic heterocycles. The molecule has 1 heterocycles. The summed E-state index contributed by atoms with van der Waals surface area (Å²) in [6, 6.07) is 16.3. The van der Waals surface area contributed by atoms with Crippen molar-refractivity contribution in [2.45, 2.75) is 24.5 Å². The summed E-state index contributed by atoms with van der Waals surface area (Å²) < 4.78 is 27.6. The zero-order chi connectivity index (χ0) is 21.0. The van der Waals surface area contributed by atoms with E-state index in [1.165, 1.54) is 12.1 Å². The monoisotopic (exact) mass is 430 g/mol. The number of hydrogen-bond donors (Lipinski definition) is 2. The molecule has 6 nitrogen and oxygen atoms in total. The Kier molecular flexibility index (Phi) is 6.36. The summed E-state index contributed by atoms with van der Waals surface area (Å²) >= 11 is 1.59. The molecule has 3 rings (SSSR count). The van der Waals surface area contributed by atoms with Crippen molar-refractivity contribution in [1.29, 1.82) is 0 Å². The number of thiophene rings is 1. The van der Waals surface area contributed by atoms with E-state index in [0.29, 0.717) is 23.4 Å². The number of amides is 1. The molecule has 0 bridgehead atoms. The number of aliphatic hydroxyl groups is 1. The van der Waals surface area contributed by atoms with Crippen LogP contribution in [0.15, 0.2) is 70.9 Å². The molecule has 8 heteroatoms. The highest BCUT2D eigenvalue weighted by Gasteiger charge is 2.16. The van der Waals surface area contributed by atoms with Crippen LogP contribution in [0.5, 0.6) is 0 Å². The van der Waals surface area contributed by atoms with E-state index in [0.717, 1.165) is 4.88 Å². The van der Waals surface area contributed by atoms with E-state index in [1.54, 1.807) is 66.6 Å². The van der Waals surface area contributed by atoms with Crippen molar-refractivity contribution in [3.05, 3.63) is 82.0 Å². The zero-order valence-electron chi connectivity index (χ0n) is 16.1. The number of benzene rings is 2. The fourth-order valence-corrected chi connectivity index (χ4v) is 4.56. The standard InChI is InChI=1S/C21H22N2O4S2/c1-15(24)16-7-11-20(12-8-16)29(26,27)22-18-9-5-17(6-10-18)21(25)23(2)14-19-4-3-13-28-19/h3-13,15,22,24H,14H2,1-2H3/t15-/m1/s1. The van der Waals surface area contributed by atoms with Gasteiger partial charge in [-0.2, -0.15) is 0 Å². The molecule has 3 aromatic rings. The highest BCUT2D eigenvalue weighted by atomic mass is 32.2. The summed E-state index contributed by atoms with van der Waals surface area (Å²) in [5.74, 6) is -0.137. The van der Waals surface area contributed by atoms with Gasteiger partial charge in [0.05, 0.1) is 17.5 Å². The number of anilines is 1. The van der Waals surface area contributed by atoms with E-state index >= 15 is 0 Å². The summed E-state index contributed by atoms with van der Waals surface area (Å²) in [7, 11) is -2.03. The molecule has 152 valence electrons. The van der Waals surface area contributed by atoms with Crippen molar-refractivity contribution in [3.8, 4) is 0 Å². The summed E-state index contributed by atoms with van der Waals surface area (Å²) in [5, 5.41) is 11.5. The molecule has 0 aliphatic rings. The smallest absolute Gasteiger partial charge is 0.261 e. The van der Waals surface area contributed by atoms with Gasteiger partial charge in [0.2, 0.25) is 0 Å². The lowest BCUT2D eigenvalue weighted by molar-refractivity contribution is 0.0786. The van der Waals surface area contributed by atoms with Gasteiger partial charge in [0.25, 0.3) is 15.9 Å². The maximum Gasteiger partial charge on any atom is 0.261 e. The van der Waals surface area contributed by atoms with Crippen molar-refractivity contribution in [1.82, 2.24) is 4.90 Å². The van der Waals surface area contributed by atoms with Crippen LogP contribution in [-0.2, 0) is 16.6 Å². The van der Waals surface area contributed by atoms with Crippen molar-refractivity contribution in [3.63, 3.8) is 0 Å². The number of aliphatic hydroxyl groups excluding tert-OH is 1. The molecule has 0 unspecified atom stereocenters. The molecule has 2 aromatic carbocycles. The molecule has 0 aliphatic carbocycles. The molecule has 2 N–H and O–H groups in total. The third-order valence-corrected chi connectivity index (χ3v) is 6.64. The molecular formula is C21H22N2O4S2. The Labute approximate surface area is 174 Å². The second kappa shape index (κ2) is 8.77. The van der Waals surface area contributed by atoms with E-state index in [1.807, 2.05) is 17.5 Å². The third-order valence-electron chi connectivity index (χ3n) is 4.38. The highest BCUT2D eigenvalue weighted by Crippen LogP contribution is 2.20. The van der Waals surface area contributed by atoms with Gasteiger partial charge in [0, 0.05) is 23.2 Å². The normalized spacial score (nSPS) is 12.4. The molecule has 0 saturated heterocycles. The number of nitrogens with one attached hydrogen (secondary N) is 1. The van der Waals surface area contributed by atoms with Crippen LogP contribution in [0.4, 0.5) is 5.69 Å². The van der Waals surface area contributed by atoms with Gasteiger partial charge in [-0.15, -0.1) is 11.3 Å². The molecule has 1 atom stereocenters. The Balaban J connectivity index is 1.68. The molecule has 0 saturated carbocycles. The van der Waals surface area contributed by atoms with Crippen molar-refractivity contribution >= 4 is 33.0 Å². The van der Waals surface area contributed by atoms with E-state index in [4.69, 9.17) is 0 Å². The van der Waals surface area contributed by atoms with Crippen molar-refractivity contribution < 1.29 is 18.3 Å². The van der Waals surface area contributed by atoms with Crippen LogP contribution in [-0.4, -0.2) is 31.4 Å². The van der Waals surface area contributed by atoms with E-state index in [9.17, 15) is 18.3 Å². The fraction of sp³-hybridized carbons (Fsp3) is 0.190. The largest absolute Gasteiger partial charge is 0.389 e. The summed E-state index contributed by atoms with van der Waals surface area (Å²) in [4.78, 5) is 15.4. The van der Waals surface area contributed by atoms with Gasteiger partial charge in [-0.05, 0) is 60.3 Å². The Hall–Kier alpha value is -2.68. The lowest BCUT2D eigenvalue weighted by Crippen LogP contribution is -2.25. The summed E-state index contributed by atoms with van der Waals surface area (Å²) in [5.41, 5.74) is 1.48. The number of hydrogen-bond acceptors (Lipinski definition) is 5. The highest BCUT2D eigenvalue weighted by molar-refractivity contribution is 7.92. The van der Waals surface area contributed by atoms with Gasteiger partial charge in [-0.1, -0.05) is 18.2 Å². The predicted octanol–water partition coefficient (Wildman–Crippen LogP) is 3.87. The van der Waals surface area contributed by atoms with Crippen molar-refractivity contribution in [2.24, 2.45) is 0 Å². The molecule has 0 fully saturated rings. The van der Waals surface area contributed by atoms with Gasteiger partial charge in [-0.25, -0.2) is 8.42 Å². The maximum atomic E-state index is 12.5. The molecule has 0 spiro atoms. The summed E-state index contributed by atoms with van der Waals surface area (Å²) in [6.07, 6.45) is -0.664. The van der Waals surface area contributed by atoms with Crippen LogP contribution < -0.4 is 4.72 Å². The van der Waals surface area contributed by atoms with Crippen LogP contribution in [0, 0.1) is 0 Å². The quantitative estimate of drug-likeness (QED) is 0.596. The maximum absolute atomic E-state index is 12.5. The minimum Gasteiger partial charge on any atom is -0.389 e. The first-order chi connectivity index (χ1) is 13.8. The first-order valence-corrected chi connectivity index (χ1v) is 11.3. The molecule has 29 heavy (non-hydrogen) atoms. The number of sulfonamides is 1. The van der Waals surface area contributed by atoms with E-state index in [2.05, 4.69) is 4.72 Å². The summed E-state index contributed by atoms with van der Waals surface area (Å²) in [6.45, 7) is 2.13. The Morgan fingerprint density at radius 3 is 2.31 bits per heavy atom. The second-order valence-corrected chi connectivity index (χ2v) is 9.38. The van der Waals surface area contributed by atoms with E-state index < -0.39 is 16.1 Å². The second-order valence-electron chi connectivity index (χ2n) is 6.67. The van der Waals surface area contributed by atoms with Gasteiger partial charge in [0.15, 0.2) is 0 Å². The van der Waals surface area contributed by atoms with Gasteiger partial charge in [0.1, 0.15) is 0 Å². The SMILES string of the molecule is C[C@@H](O)c1ccc(S(=O)(=O)Nc2ccc(C(=O)N(C)Cc3cccs3)cc2)cc1. The van der Waals surface area contributed by atoms with Crippen LogP contribution in [0.1, 0.15) is 33.8 Å². The number of carbonyl (C=O) groups is 1. The fourth-order valence-electron chi connectivity index (χ4n) is 2.75. The number of rotatable bonds is 7. The number of carbonyl (C=O) groups excluding carboxylic acids is 1. The average molecular weight is 431 g/mol. The zero-order valence-corrected chi connectivity index (χ0v) is 17.7. The van der Waals surface area contributed by atoms with Gasteiger partial charge >= 0.3 is 0 Å². The van der Waals surface area contributed by atoms with Crippen LogP contribution in [0.3, 0.4) is 0 Å². The molecular weight excluding hydrogens is 408 g/mol. The predicted molar refractivity (Wildman–Crippen MR) is 114 cm³/mol. The van der Waals surface area contributed by atoms with Crippen molar-refractivity contribution in [2.75, 3.05) is 11.8 Å². The molecule has 0 aliphatic heterocycles. The van der Waals surface area contributed by atoms with Crippen LogP contribution >= 0.6 is 11.3 Å². The first-order valence-electron chi connectivity index (χ1n) is 8.95. The van der Waals surface area contributed by atoms with Crippen LogP contribution in [0.2, 0.25) is 0 Å². The van der Waals surface area contributed by atoms with Gasteiger partial charge < -0.3 is 10.0 Å². The van der Waals surface area contributed by atoms with Gasteiger partial charge in [-0.3, -0.25) is 9.52 Å². The Bertz CT molecular complexity index is 1060. The molecule has 0 radical (unpaired) electrons. The topological polar surface area (TPSA) is 86.7 Å². The minimum atomic E-state index is -3.77. The first kappa shape index (κ1) is 21.0. The average Bonchev–Trinajstić information content (AvgIpc) is 3.21. The molecule has 1 amide bonds. The Morgan fingerprint density at radius 1 is 1.10 bits per heavy atom. The minimum absolute atomic E-state index is 0.0951. The number of nitrogens with zero attached hydrogens (tertiary/aromatic N) is 1. The lowest BCUT2D eigenvalue weighted by atomic mass is 10.1.